The van der Waals surface area contributed by atoms with Crippen LogP contribution in [-0.4, -0.2) is 5.78 Å². The Balaban J connectivity index is 1.91. The molecule has 2 N–H and O–H groups in total. The molecule has 0 bridgehead atoms. The third-order valence-corrected chi connectivity index (χ3v) is 2.99. The van der Waals surface area contributed by atoms with Crippen LogP contribution in [0.5, 0.6) is 0 Å². The van der Waals surface area contributed by atoms with Crippen molar-refractivity contribution in [1.82, 2.24) is 0 Å². The molecular weight excluding hydrogens is 186 g/mol. The number of carbonyl (C=O) groups is 1. The number of ketones is 1. The highest BCUT2D eigenvalue weighted by Crippen LogP contribution is 2.33. The highest BCUT2D eigenvalue weighted by Gasteiger charge is 2.22. The Labute approximate surface area is 90.5 Å². The van der Waals surface area contributed by atoms with Crippen LogP contribution < -0.4 is 5.73 Å². The van der Waals surface area contributed by atoms with Gasteiger partial charge in [-0.3, -0.25) is 4.79 Å². The standard InChI is InChI=1S/C13H17NO/c14-9-11-3-6-12(7-4-11)13(15)8-5-10-1-2-10/h3-4,6-7,10H,1-2,5,8-9,14H2. The van der Waals surface area contributed by atoms with Crippen molar-refractivity contribution in [2.45, 2.75) is 32.2 Å². The van der Waals surface area contributed by atoms with Crippen molar-refractivity contribution in [3.63, 3.8) is 0 Å². The summed E-state index contributed by atoms with van der Waals surface area (Å²) in [6, 6.07) is 7.64. The van der Waals surface area contributed by atoms with Crippen LogP contribution in [-0.2, 0) is 6.54 Å². The quantitative estimate of drug-likeness (QED) is 0.747. The molecular formula is C13H17NO. The second-order valence-corrected chi connectivity index (χ2v) is 4.31. The van der Waals surface area contributed by atoms with Crippen LogP contribution in [0, 0.1) is 5.92 Å². The molecule has 15 heavy (non-hydrogen) atoms. The maximum Gasteiger partial charge on any atom is 0.162 e. The molecule has 0 heterocycles. The third-order valence-electron chi connectivity index (χ3n) is 2.99. The molecule has 0 amide bonds. The maximum atomic E-state index is 11.7. The molecule has 1 aromatic rings. The summed E-state index contributed by atoms with van der Waals surface area (Å²) in [6.07, 6.45) is 4.41. The van der Waals surface area contributed by atoms with Gasteiger partial charge in [-0.15, -0.1) is 0 Å². The van der Waals surface area contributed by atoms with Gasteiger partial charge in [-0.1, -0.05) is 37.1 Å². The van der Waals surface area contributed by atoms with E-state index in [1.807, 2.05) is 24.3 Å². The number of Topliss-reactive ketones (excluding diaryl/α,β-unsaturated/α-hetero) is 1. The Morgan fingerprint density at radius 2 is 1.93 bits per heavy atom. The van der Waals surface area contributed by atoms with Gasteiger partial charge in [0.15, 0.2) is 5.78 Å². The van der Waals surface area contributed by atoms with Crippen LogP contribution in [0.25, 0.3) is 0 Å². The summed E-state index contributed by atoms with van der Waals surface area (Å²) < 4.78 is 0. The summed E-state index contributed by atoms with van der Waals surface area (Å²) in [5.41, 5.74) is 7.40. The second-order valence-electron chi connectivity index (χ2n) is 4.31. The van der Waals surface area contributed by atoms with E-state index in [2.05, 4.69) is 0 Å². The molecule has 2 rings (SSSR count). The highest BCUT2D eigenvalue weighted by molar-refractivity contribution is 5.96. The molecule has 1 aromatic carbocycles. The molecule has 1 aliphatic carbocycles. The maximum absolute atomic E-state index is 11.7. The van der Waals surface area contributed by atoms with E-state index in [1.165, 1.54) is 12.8 Å². The zero-order valence-corrected chi connectivity index (χ0v) is 8.91. The van der Waals surface area contributed by atoms with Gasteiger partial charge in [-0.2, -0.15) is 0 Å². The van der Waals surface area contributed by atoms with Gasteiger partial charge in [0, 0.05) is 18.5 Å². The van der Waals surface area contributed by atoms with E-state index < -0.39 is 0 Å². The lowest BCUT2D eigenvalue weighted by Gasteiger charge is -2.01. The summed E-state index contributed by atoms with van der Waals surface area (Å²) >= 11 is 0. The number of hydrogen-bond acceptors (Lipinski definition) is 2. The van der Waals surface area contributed by atoms with Gasteiger partial charge in [-0.25, -0.2) is 0 Å². The first kappa shape index (κ1) is 10.4. The van der Waals surface area contributed by atoms with E-state index in [9.17, 15) is 4.79 Å². The van der Waals surface area contributed by atoms with E-state index in [0.29, 0.717) is 13.0 Å². The number of rotatable bonds is 5. The number of benzene rings is 1. The van der Waals surface area contributed by atoms with E-state index in [0.717, 1.165) is 23.5 Å². The molecule has 1 fully saturated rings. The fourth-order valence-electron chi connectivity index (χ4n) is 1.71. The summed E-state index contributed by atoms with van der Waals surface area (Å²) in [5.74, 6) is 1.10. The SMILES string of the molecule is NCc1ccc(C(=O)CCC2CC2)cc1. The Kier molecular flexibility index (Phi) is 3.17. The average molecular weight is 203 g/mol. The summed E-state index contributed by atoms with van der Waals surface area (Å²) in [5, 5.41) is 0. The normalized spacial score (nSPS) is 15.3. The second kappa shape index (κ2) is 4.58. The molecule has 2 heteroatoms. The van der Waals surface area contributed by atoms with Crippen molar-refractivity contribution in [3.05, 3.63) is 35.4 Å². The van der Waals surface area contributed by atoms with Crippen molar-refractivity contribution < 1.29 is 4.79 Å². The highest BCUT2D eigenvalue weighted by atomic mass is 16.1. The van der Waals surface area contributed by atoms with Gasteiger partial charge >= 0.3 is 0 Å². The molecule has 0 radical (unpaired) electrons. The predicted octanol–water partition coefficient (Wildman–Crippen LogP) is 2.52. The van der Waals surface area contributed by atoms with E-state index in [-0.39, 0.29) is 5.78 Å². The van der Waals surface area contributed by atoms with Crippen molar-refractivity contribution in [2.24, 2.45) is 11.7 Å². The van der Waals surface area contributed by atoms with Crippen molar-refractivity contribution >= 4 is 5.78 Å². The van der Waals surface area contributed by atoms with E-state index in [4.69, 9.17) is 5.73 Å². The van der Waals surface area contributed by atoms with E-state index >= 15 is 0 Å². The molecule has 0 saturated heterocycles. The van der Waals surface area contributed by atoms with Gasteiger partial charge in [0.25, 0.3) is 0 Å². The Bertz CT molecular complexity index is 338. The summed E-state index contributed by atoms with van der Waals surface area (Å²) in [6.45, 7) is 0.538. The Morgan fingerprint density at radius 1 is 1.27 bits per heavy atom. The first-order valence-electron chi connectivity index (χ1n) is 5.62. The van der Waals surface area contributed by atoms with Crippen LogP contribution in [0.15, 0.2) is 24.3 Å². The predicted molar refractivity (Wildman–Crippen MR) is 60.6 cm³/mol. The lowest BCUT2D eigenvalue weighted by Crippen LogP contribution is -2.01. The zero-order chi connectivity index (χ0) is 10.7. The molecule has 0 aromatic heterocycles. The Morgan fingerprint density at radius 3 is 2.47 bits per heavy atom. The summed E-state index contributed by atoms with van der Waals surface area (Å²) in [7, 11) is 0. The lowest BCUT2D eigenvalue weighted by molar-refractivity contribution is 0.0978. The summed E-state index contributed by atoms with van der Waals surface area (Å²) in [4.78, 5) is 11.7. The largest absolute Gasteiger partial charge is 0.326 e. The van der Waals surface area contributed by atoms with Gasteiger partial charge < -0.3 is 5.73 Å². The first-order chi connectivity index (χ1) is 7.29. The molecule has 2 nitrogen and oxygen atoms in total. The molecule has 1 saturated carbocycles. The molecule has 1 aliphatic rings. The molecule has 80 valence electrons. The first-order valence-corrected chi connectivity index (χ1v) is 5.62. The van der Waals surface area contributed by atoms with Crippen molar-refractivity contribution in [1.29, 1.82) is 0 Å². The number of nitrogens with two attached hydrogens (primary N) is 1. The number of carbonyl (C=O) groups excluding carboxylic acids is 1. The molecule has 0 atom stereocenters. The average Bonchev–Trinajstić information content (AvgIpc) is 3.10. The minimum atomic E-state index is 0.269. The van der Waals surface area contributed by atoms with Gasteiger partial charge in [-0.05, 0) is 17.9 Å². The van der Waals surface area contributed by atoms with Crippen LogP contribution in [0.1, 0.15) is 41.6 Å². The van der Waals surface area contributed by atoms with Gasteiger partial charge in [0.1, 0.15) is 0 Å². The molecule has 0 spiro atoms. The van der Waals surface area contributed by atoms with Gasteiger partial charge in [0.05, 0.1) is 0 Å². The fourth-order valence-corrected chi connectivity index (χ4v) is 1.71. The fraction of sp³-hybridized carbons (Fsp3) is 0.462. The van der Waals surface area contributed by atoms with Crippen molar-refractivity contribution in [2.75, 3.05) is 0 Å². The van der Waals surface area contributed by atoms with Crippen LogP contribution >= 0.6 is 0 Å². The lowest BCUT2D eigenvalue weighted by atomic mass is 10.0. The minimum absolute atomic E-state index is 0.269. The smallest absolute Gasteiger partial charge is 0.162 e. The monoisotopic (exact) mass is 203 g/mol. The van der Waals surface area contributed by atoms with E-state index in [1.54, 1.807) is 0 Å². The van der Waals surface area contributed by atoms with Crippen LogP contribution in [0.3, 0.4) is 0 Å². The van der Waals surface area contributed by atoms with Crippen LogP contribution in [0.2, 0.25) is 0 Å². The van der Waals surface area contributed by atoms with Gasteiger partial charge in [0.2, 0.25) is 0 Å². The molecule has 0 unspecified atom stereocenters. The third kappa shape index (κ3) is 2.90. The Hall–Kier alpha value is -1.15. The van der Waals surface area contributed by atoms with Crippen molar-refractivity contribution in [3.8, 4) is 0 Å². The molecule has 0 aliphatic heterocycles. The minimum Gasteiger partial charge on any atom is -0.326 e. The topological polar surface area (TPSA) is 43.1 Å². The number of hydrogen-bond donors (Lipinski definition) is 1. The van der Waals surface area contributed by atoms with Crippen LogP contribution in [0.4, 0.5) is 0 Å². The zero-order valence-electron chi connectivity index (χ0n) is 8.91.